The van der Waals surface area contributed by atoms with E-state index in [1.165, 1.54) is 10.7 Å². The summed E-state index contributed by atoms with van der Waals surface area (Å²) in [5.74, 6) is -1.27. The van der Waals surface area contributed by atoms with Crippen molar-refractivity contribution in [1.29, 1.82) is 0 Å². The Morgan fingerprint density at radius 1 is 1.32 bits per heavy atom. The fourth-order valence-corrected chi connectivity index (χ4v) is 1.94. The molecule has 0 aliphatic heterocycles. The molecule has 2 aromatic rings. The molecule has 0 bridgehead atoms. The highest BCUT2D eigenvalue weighted by Gasteiger charge is 2.18. The Hall–Kier alpha value is -2.05. The van der Waals surface area contributed by atoms with Gasteiger partial charge in [0.15, 0.2) is 5.82 Å². The molecular weight excluding hydrogens is 252 g/mol. The summed E-state index contributed by atoms with van der Waals surface area (Å²) in [7, 11) is 0. The van der Waals surface area contributed by atoms with E-state index in [-0.39, 0.29) is 23.1 Å². The van der Waals surface area contributed by atoms with E-state index in [2.05, 4.69) is 15.5 Å². The fraction of sp³-hybridized carbons (Fsp3) is 0.417. The second-order valence-corrected chi connectivity index (χ2v) is 4.44. The number of nitrogen functional groups attached to an aromatic ring is 1. The Labute approximate surface area is 109 Å². The summed E-state index contributed by atoms with van der Waals surface area (Å²) < 4.78 is 28.5. The minimum atomic E-state index is -0.790. The van der Waals surface area contributed by atoms with Crippen LogP contribution < -0.4 is 5.73 Å². The van der Waals surface area contributed by atoms with Gasteiger partial charge in [-0.25, -0.2) is 13.5 Å². The van der Waals surface area contributed by atoms with Gasteiger partial charge in [0.2, 0.25) is 0 Å². The van der Waals surface area contributed by atoms with Crippen LogP contribution in [0, 0.1) is 11.6 Å². The highest BCUT2D eigenvalue weighted by atomic mass is 19.1. The Kier molecular flexibility index (Phi) is 3.73. The summed E-state index contributed by atoms with van der Waals surface area (Å²) in [6.07, 6.45) is 1.81. The van der Waals surface area contributed by atoms with Crippen LogP contribution in [0.3, 0.4) is 0 Å². The van der Waals surface area contributed by atoms with Crippen LogP contribution in [0.15, 0.2) is 12.1 Å². The molecule has 0 fully saturated rings. The summed E-state index contributed by atoms with van der Waals surface area (Å²) >= 11 is 0. The Balaban J connectivity index is 2.48. The number of benzene rings is 1. The molecule has 1 heterocycles. The molecule has 0 aliphatic rings. The van der Waals surface area contributed by atoms with E-state index in [4.69, 9.17) is 5.73 Å². The topological polar surface area (TPSA) is 69.6 Å². The molecule has 102 valence electrons. The maximum atomic E-state index is 13.8. The first-order valence-electron chi connectivity index (χ1n) is 6.07. The molecule has 0 saturated heterocycles. The summed E-state index contributed by atoms with van der Waals surface area (Å²) in [6.45, 7) is 3.98. The van der Waals surface area contributed by atoms with Gasteiger partial charge in [-0.15, -0.1) is 5.10 Å². The van der Waals surface area contributed by atoms with Crippen LogP contribution in [0.4, 0.5) is 14.5 Å². The Morgan fingerprint density at radius 2 is 2.05 bits per heavy atom. The third-order valence-electron chi connectivity index (χ3n) is 2.94. The quantitative estimate of drug-likeness (QED) is 0.864. The van der Waals surface area contributed by atoms with E-state index in [0.717, 1.165) is 18.9 Å². The molecular formula is C12H15F2N5. The maximum absolute atomic E-state index is 13.8. The summed E-state index contributed by atoms with van der Waals surface area (Å²) in [4.78, 5) is 0. The molecule has 1 atom stereocenters. The van der Waals surface area contributed by atoms with Crippen LogP contribution in [-0.4, -0.2) is 20.2 Å². The third kappa shape index (κ3) is 2.54. The molecule has 1 aromatic carbocycles. The van der Waals surface area contributed by atoms with Crippen molar-refractivity contribution < 1.29 is 8.78 Å². The second-order valence-electron chi connectivity index (χ2n) is 4.44. The van der Waals surface area contributed by atoms with E-state index < -0.39 is 11.6 Å². The van der Waals surface area contributed by atoms with Gasteiger partial charge in [-0.05, 0) is 29.8 Å². The highest BCUT2D eigenvalue weighted by molar-refractivity contribution is 5.62. The first kappa shape index (κ1) is 13.4. The monoisotopic (exact) mass is 267 g/mol. The molecule has 0 saturated carbocycles. The van der Waals surface area contributed by atoms with Crippen molar-refractivity contribution in [3.8, 4) is 11.4 Å². The number of nitrogens with two attached hydrogens (primary N) is 1. The lowest BCUT2D eigenvalue weighted by Gasteiger charge is -2.12. The molecule has 2 rings (SSSR count). The number of tetrazole rings is 1. The molecule has 2 N–H and O–H groups in total. The smallest absolute Gasteiger partial charge is 0.185 e. The first-order valence-corrected chi connectivity index (χ1v) is 6.07. The highest BCUT2D eigenvalue weighted by Crippen LogP contribution is 2.27. The largest absolute Gasteiger partial charge is 0.396 e. The van der Waals surface area contributed by atoms with Crippen molar-refractivity contribution in [2.75, 3.05) is 5.73 Å². The lowest BCUT2D eigenvalue weighted by Crippen LogP contribution is -2.10. The van der Waals surface area contributed by atoms with Crippen molar-refractivity contribution in [2.45, 2.75) is 32.7 Å². The number of hydrogen-bond acceptors (Lipinski definition) is 4. The Morgan fingerprint density at radius 3 is 2.74 bits per heavy atom. The molecule has 0 amide bonds. The van der Waals surface area contributed by atoms with Gasteiger partial charge in [-0.1, -0.05) is 13.3 Å². The van der Waals surface area contributed by atoms with Crippen molar-refractivity contribution >= 4 is 5.69 Å². The van der Waals surface area contributed by atoms with E-state index in [0.29, 0.717) is 0 Å². The van der Waals surface area contributed by atoms with Crippen molar-refractivity contribution in [2.24, 2.45) is 0 Å². The van der Waals surface area contributed by atoms with Crippen LogP contribution >= 0.6 is 0 Å². The van der Waals surface area contributed by atoms with Gasteiger partial charge in [0.25, 0.3) is 0 Å². The van der Waals surface area contributed by atoms with Crippen LogP contribution in [0.5, 0.6) is 0 Å². The zero-order valence-corrected chi connectivity index (χ0v) is 10.8. The number of hydrogen-bond donors (Lipinski definition) is 1. The van der Waals surface area contributed by atoms with Gasteiger partial charge < -0.3 is 5.73 Å². The molecule has 0 radical (unpaired) electrons. The molecule has 19 heavy (non-hydrogen) atoms. The lowest BCUT2D eigenvalue weighted by atomic mass is 10.1. The van der Waals surface area contributed by atoms with Crippen LogP contribution in [0.25, 0.3) is 11.4 Å². The van der Waals surface area contributed by atoms with E-state index in [1.54, 1.807) is 0 Å². The molecule has 1 aromatic heterocycles. The van der Waals surface area contributed by atoms with E-state index in [1.807, 2.05) is 13.8 Å². The zero-order valence-electron chi connectivity index (χ0n) is 10.8. The number of nitrogens with zero attached hydrogens (tertiary/aromatic N) is 4. The molecule has 0 aliphatic carbocycles. The summed E-state index contributed by atoms with van der Waals surface area (Å²) in [5, 5.41) is 11.2. The first-order chi connectivity index (χ1) is 9.04. The standard InChI is InChI=1S/C12H15F2N5/c1-3-4-7(2)19-12(16-17-18-19)8-5-11(15)10(14)6-9(8)13/h5-7H,3-4,15H2,1-2H3. The minimum Gasteiger partial charge on any atom is -0.396 e. The molecule has 7 heteroatoms. The molecule has 5 nitrogen and oxygen atoms in total. The average molecular weight is 267 g/mol. The number of aromatic nitrogens is 4. The predicted molar refractivity (Wildman–Crippen MR) is 67.2 cm³/mol. The van der Waals surface area contributed by atoms with Gasteiger partial charge in [0.05, 0.1) is 17.3 Å². The van der Waals surface area contributed by atoms with Crippen LogP contribution in [0.1, 0.15) is 32.7 Å². The third-order valence-corrected chi connectivity index (χ3v) is 2.94. The maximum Gasteiger partial charge on any atom is 0.185 e. The SMILES string of the molecule is CCCC(C)n1nnnc1-c1cc(N)c(F)cc1F. The van der Waals surface area contributed by atoms with Crippen molar-refractivity contribution in [3.05, 3.63) is 23.8 Å². The van der Waals surface area contributed by atoms with Gasteiger partial charge >= 0.3 is 0 Å². The minimum absolute atomic E-state index is 0.0284. The van der Waals surface area contributed by atoms with Gasteiger partial charge in [-0.2, -0.15) is 0 Å². The Bertz CT molecular complexity index is 581. The molecule has 1 unspecified atom stereocenters. The van der Waals surface area contributed by atoms with E-state index in [9.17, 15) is 8.78 Å². The fourth-order valence-electron chi connectivity index (χ4n) is 1.94. The van der Waals surface area contributed by atoms with Crippen LogP contribution in [-0.2, 0) is 0 Å². The molecule has 0 spiro atoms. The summed E-state index contributed by atoms with van der Waals surface area (Å²) in [6, 6.07) is 1.99. The zero-order chi connectivity index (χ0) is 14.0. The normalized spacial score (nSPS) is 12.6. The van der Waals surface area contributed by atoms with Crippen molar-refractivity contribution in [1.82, 2.24) is 20.2 Å². The number of anilines is 1. The second kappa shape index (κ2) is 5.29. The lowest BCUT2D eigenvalue weighted by molar-refractivity contribution is 0.446. The van der Waals surface area contributed by atoms with E-state index >= 15 is 0 Å². The van der Waals surface area contributed by atoms with Crippen LogP contribution in [0.2, 0.25) is 0 Å². The summed E-state index contributed by atoms with van der Waals surface area (Å²) in [5.41, 5.74) is 5.43. The van der Waals surface area contributed by atoms with Crippen molar-refractivity contribution in [3.63, 3.8) is 0 Å². The number of halogens is 2. The average Bonchev–Trinajstić information content (AvgIpc) is 2.83. The predicted octanol–water partition coefficient (Wildman–Crippen LogP) is 2.56. The number of rotatable bonds is 4. The van der Waals surface area contributed by atoms with Gasteiger partial charge in [0, 0.05) is 6.07 Å². The van der Waals surface area contributed by atoms with Gasteiger partial charge in [-0.3, -0.25) is 0 Å². The van der Waals surface area contributed by atoms with Gasteiger partial charge in [0.1, 0.15) is 11.6 Å².